The lowest BCUT2D eigenvalue weighted by molar-refractivity contribution is 0.232. The van der Waals surface area contributed by atoms with Crippen LogP contribution in [-0.2, 0) is 7.05 Å². The lowest BCUT2D eigenvalue weighted by Crippen LogP contribution is -2.43. The Morgan fingerprint density at radius 3 is 2.61 bits per heavy atom. The van der Waals surface area contributed by atoms with Crippen LogP contribution in [0.25, 0.3) is 10.8 Å². The Morgan fingerprint density at radius 1 is 1.17 bits per heavy atom. The van der Waals surface area contributed by atoms with Crippen LogP contribution in [0, 0.1) is 5.92 Å². The molecular weight excluding hydrogens is 290 g/mol. The molecule has 1 saturated carbocycles. The van der Waals surface area contributed by atoms with Crippen LogP contribution in [0.3, 0.4) is 0 Å². The van der Waals surface area contributed by atoms with Gasteiger partial charge in [-0.05, 0) is 24.8 Å². The minimum absolute atomic E-state index is 0.0625. The first kappa shape index (κ1) is 15.6. The second-order valence-corrected chi connectivity index (χ2v) is 6.47. The molecule has 0 radical (unpaired) electrons. The third-order valence-corrected chi connectivity index (χ3v) is 4.77. The molecular formula is C18H23N3O2. The molecule has 0 bridgehead atoms. The fourth-order valence-corrected chi connectivity index (χ4v) is 3.37. The van der Waals surface area contributed by atoms with Crippen molar-refractivity contribution in [1.29, 1.82) is 0 Å². The van der Waals surface area contributed by atoms with Crippen molar-refractivity contribution in [2.75, 3.05) is 5.32 Å². The highest BCUT2D eigenvalue weighted by Gasteiger charge is 2.23. The zero-order chi connectivity index (χ0) is 16.4. The molecule has 1 aliphatic carbocycles. The smallest absolute Gasteiger partial charge is 0.319 e. The maximum Gasteiger partial charge on any atom is 0.319 e. The van der Waals surface area contributed by atoms with Crippen molar-refractivity contribution in [2.45, 2.75) is 38.6 Å². The van der Waals surface area contributed by atoms with E-state index in [1.807, 2.05) is 18.2 Å². The van der Waals surface area contributed by atoms with Gasteiger partial charge in [-0.3, -0.25) is 4.79 Å². The molecule has 5 heteroatoms. The fraction of sp³-hybridized carbons (Fsp3) is 0.444. The Hall–Kier alpha value is -2.30. The number of anilines is 1. The van der Waals surface area contributed by atoms with E-state index in [9.17, 15) is 9.59 Å². The minimum Gasteiger partial charge on any atom is -0.335 e. The SMILES string of the molecule is CC1CCCCC1NC(=O)Nc1cn(C)c(=O)c2ccccc12. The van der Waals surface area contributed by atoms with Gasteiger partial charge in [-0.1, -0.05) is 38.0 Å². The van der Waals surface area contributed by atoms with E-state index in [2.05, 4.69) is 17.6 Å². The number of urea groups is 1. The molecule has 2 N–H and O–H groups in total. The predicted molar refractivity (Wildman–Crippen MR) is 92.8 cm³/mol. The molecule has 0 aliphatic heterocycles. The highest BCUT2D eigenvalue weighted by Crippen LogP contribution is 2.24. The number of aryl methyl sites for hydroxylation is 1. The Bertz CT molecular complexity index is 781. The summed E-state index contributed by atoms with van der Waals surface area (Å²) in [5.41, 5.74) is 0.594. The normalized spacial score (nSPS) is 21.1. The number of nitrogens with one attached hydrogen (secondary N) is 2. The standard InChI is InChI=1S/C18H23N3O2/c1-12-7-3-6-10-15(12)19-18(23)20-16-11-21(2)17(22)14-9-5-4-8-13(14)16/h4-5,8-9,11-12,15H,3,6-7,10H2,1-2H3,(H2,19,20,23). The van der Waals surface area contributed by atoms with E-state index < -0.39 is 0 Å². The van der Waals surface area contributed by atoms with Crippen molar-refractivity contribution in [2.24, 2.45) is 13.0 Å². The molecule has 1 fully saturated rings. The van der Waals surface area contributed by atoms with Gasteiger partial charge in [0.25, 0.3) is 5.56 Å². The summed E-state index contributed by atoms with van der Waals surface area (Å²) in [7, 11) is 1.70. The zero-order valence-electron chi connectivity index (χ0n) is 13.6. The van der Waals surface area contributed by atoms with E-state index >= 15 is 0 Å². The van der Waals surface area contributed by atoms with E-state index in [1.165, 1.54) is 11.0 Å². The Balaban J connectivity index is 1.82. The number of aromatic nitrogens is 1. The summed E-state index contributed by atoms with van der Waals surface area (Å²) in [6.07, 6.45) is 6.27. The molecule has 5 nitrogen and oxygen atoms in total. The van der Waals surface area contributed by atoms with Gasteiger partial charge in [0, 0.05) is 30.1 Å². The van der Waals surface area contributed by atoms with Crippen molar-refractivity contribution >= 4 is 22.5 Å². The van der Waals surface area contributed by atoms with Crippen molar-refractivity contribution in [3.05, 3.63) is 40.8 Å². The van der Waals surface area contributed by atoms with Crippen LogP contribution in [0.15, 0.2) is 35.3 Å². The summed E-state index contributed by atoms with van der Waals surface area (Å²) in [6, 6.07) is 7.36. The number of amides is 2. The molecule has 0 saturated heterocycles. The van der Waals surface area contributed by atoms with Gasteiger partial charge in [-0.15, -0.1) is 0 Å². The lowest BCUT2D eigenvalue weighted by Gasteiger charge is -2.29. The van der Waals surface area contributed by atoms with Crippen molar-refractivity contribution in [3.63, 3.8) is 0 Å². The minimum atomic E-state index is -0.201. The monoisotopic (exact) mass is 313 g/mol. The predicted octanol–water partition coefficient (Wildman–Crippen LogP) is 3.24. The number of pyridine rings is 1. The first-order valence-corrected chi connectivity index (χ1v) is 8.22. The quantitative estimate of drug-likeness (QED) is 0.894. The zero-order valence-corrected chi connectivity index (χ0v) is 13.6. The molecule has 1 aromatic carbocycles. The summed E-state index contributed by atoms with van der Waals surface area (Å²) in [4.78, 5) is 24.5. The van der Waals surface area contributed by atoms with Gasteiger partial charge in [-0.2, -0.15) is 0 Å². The van der Waals surface area contributed by atoms with Crippen LogP contribution in [-0.4, -0.2) is 16.6 Å². The summed E-state index contributed by atoms with van der Waals surface area (Å²) in [6.45, 7) is 2.19. The van der Waals surface area contributed by atoms with Crippen LogP contribution in [0.4, 0.5) is 10.5 Å². The van der Waals surface area contributed by atoms with Crippen LogP contribution in [0.5, 0.6) is 0 Å². The van der Waals surface area contributed by atoms with Crippen LogP contribution < -0.4 is 16.2 Å². The van der Waals surface area contributed by atoms with Gasteiger partial charge in [0.1, 0.15) is 0 Å². The molecule has 2 amide bonds. The van der Waals surface area contributed by atoms with E-state index in [0.717, 1.165) is 24.6 Å². The molecule has 2 aromatic rings. The second kappa shape index (κ2) is 6.44. The Labute approximate surface area is 135 Å². The average molecular weight is 313 g/mol. The van der Waals surface area contributed by atoms with Crippen molar-refractivity contribution < 1.29 is 4.79 Å². The van der Waals surface area contributed by atoms with Crippen LogP contribution >= 0.6 is 0 Å². The highest BCUT2D eigenvalue weighted by molar-refractivity contribution is 6.01. The third-order valence-electron chi connectivity index (χ3n) is 4.77. The average Bonchev–Trinajstić information content (AvgIpc) is 2.54. The van der Waals surface area contributed by atoms with E-state index in [4.69, 9.17) is 0 Å². The number of carbonyl (C=O) groups is 1. The topological polar surface area (TPSA) is 63.1 Å². The van der Waals surface area contributed by atoms with E-state index in [-0.39, 0.29) is 17.6 Å². The van der Waals surface area contributed by atoms with Gasteiger partial charge < -0.3 is 15.2 Å². The number of hydrogen-bond acceptors (Lipinski definition) is 2. The molecule has 2 unspecified atom stereocenters. The van der Waals surface area contributed by atoms with Gasteiger partial charge in [0.15, 0.2) is 0 Å². The summed E-state index contributed by atoms with van der Waals surface area (Å²) in [5, 5.41) is 7.37. The molecule has 1 aromatic heterocycles. The summed E-state index contributed by atoms with van der Waals surface area (Å²) < 4.78 is 1.50. The lowest BCUT2D eigenvalue weighted by atomic mass is 9.86. The molecule has 3 rings (SSSR count). The van der Waals surface area contributed by atoms with Gasteiger partial charge in [0.05, 0.1) is 5.69 Å². The highest BCUT2D eigenvalue weighted by atomic mass is 16.2. The Morgan fingerprint density at radius 2 is 1.87 bits per heavy atom. The van der Waals surface area contributed by atoms with Gasteiger partial charge in [-0.25, -0.2) is 4.79 Å². The maximum atomic E-state index is 12.4. The Kier molecular flexibility index (Phi) is 4.37. The molecule has 2 atom stereocenters. The molecule has 1 aliphatic rings. The summed E-state index contributed by atoms with van der Waals surface area (Å²) in [5.74, 6) is 0.506. The van der Waals surface area contributed by atoms with Crippen LogP contribution in [0.2, 0.25) is 0 Å². The van der Waals surface area contributed by atoms with E-state index in [0.29, 0.717) is 17.0 Å². The van der Waals surface area contributed by atoms with Crippen LogP contribution in [0.1, 0.15) is 32.6 Å². The second-order valence-electron chi connectivity index (χ2n) is 6.47. The molecule has 122 valence electrons. The first-order chi connectivity index (χ1) is 11.1. The number of fused-ring (bicyclic) bond motifs is 1. The van der Waals surface area contributed by atoms with Crippen molar-refractivity contribution in [3.8, 4) is 0 Å². The number of rotatable bonds is 2. The first-order valence-electron chi connectivity index (χ1n) is 8.22. The van der Waals surface area contributed by atoms with Crippen molar-refractivity contribution in [1.82, 2.24) is 9.88 Å². The molecule has 1 heterocycles. The van der Waals surface area contributed by atoms with E-state index in [1.54, 1.807) is 19.3 Å². The maximum absolute atomic E-state index is 12.4. The fourth-order valence-electron chi connectivity index (χ4n) is 3.37. The number of nitrogens with zero attached hydrogens (tertiary/aromatic N) is 1. The van der Waals surface area contributed by atoms with Gasteiger partial charge in [0.2, 0.25) is 0 Å². The largest absolute Gasteiger partial charge is 0.335 e. The molecule has 23 heavy (non-hydrogen) atoms. The molecule has 0 spiro atoms. The summed E-state index contributed by atoms with van der Waals surface area (Å²) >= 11 is 0. The number of carbonyl (C=O) groups excluding carboxylic acids is 1. The number of hydrogen-bond donors (Lipinski definition) is 2. The van der Waals surface area contributed by atoms with Gasteiger partial charge >= 0.3 is 6.03 Å². The number of benzene rings is 1. The third kappa shape index (κ3) is 3.23.